The Morgan fingerprint density at radius 3 is 2.55 bits per heavy atom. The maximum atomic E-state index is 5.62. The molecule has 0 aromatic carbocycles. The summed E-state index contributed by atoms with van der Waals surface area (Å²) in [6.45, 7) is 7.34. The summed E-state index contributed by atoms with van der Waals surface area (Å²) in [6, 6.07) is 4.71. The Morgan fingerprint density at radius 2 is 1.90 bits per heavy atom. The number of aromatic nitrogens is 1. The Hall–Kier alpha value is -1.17. The summed E-state index contributed by atoms with van der Waals surface area (Å²) >= 11 is 0. The van der Waals surface area contributed by atoms with Crippen molar-refractivity contribution in [3.05, 3.63) is 23.9 Å². The van der Waals surface area contributed by atoms with E-state index in [1.165, 1.54) is 31.5 Å². The Balaban J connectivity index is 1.47. The highest BCUT2D eigenvalue weighted by Crippen LogP contribution is 2.19. The Morgan fingerprint density at radius 1 is 1.15 bits per heavy atom. The van der Waals surface area contributed by atoms with Gasteiger partial charge in [0.05, 0.1) is 13.2 Å². The van der Waals surface area contributed by atoms with Gasteiger partial charge in [-0.25, -0.2) is 4.98 Å². The van der Waals surface area contributed by atoms with Crippen LogP contribution in [0.3, 0.4) is 0 Å². The molecule has 2 aliphatic heterocycles. The van der Waals surface area contributed by atoms with Gasteiger partial charge in [0.2, 0.25) is 0 Å². The number of morpholine rings is 1. The summed E-state index contributed by atoms with van der Waals surface area (Å²) in [4.78, 5) is 9.28. The van der Waals surface area contributed by atoms with Gasteiger partial charge in [0, 0.05) is 31.9 Å². The highest BCUT2D eigenvalue weighted by Gasteiger charge is 2.25. The zero-order chi connectivity index (χ0) is 13.8. The summed E-state index contributed by atoms with van der Waals surface area (Å²) in [5.41, 5.74) is 6.87. The van der Waals surface area contributed by atoms with E-state index in [0.29, 0.717) is 5.82 Å². The first-order valence-corrected chi connectivity index (χ1v) is 7.56. The normalized spacial score (nSPS) is 23.0. The van der Waals surface area contributed by atoms with Crippen LogP contribution < -0.4 is 5.73 Å². The second kappa shape index (κ2) is 6.52. The maximum absolute atomic E-state index is 5.62. The molecule has 0 saturated carbocycles. The minimum atomic E-state index is 0.597. The molecule has 2 N–H and O–H groups in total. The molecular weight excluding hydrogens is 252 g/mol. The number of piperidine rings is 1. The van der Waals surface area contributed by atoms with Crippen molar-refractivity contribution >= 4 is 5.82 Å². The summed E-state index contributed by atoms with van der Waals surface area (Å²) in [6.07, 6.45) is 4.42. The lowest BCUT2D eigenvalue weighted by atomic mass is 10.0. The summed E-state index contributed by atoms with van der Waals surface area (Å²) < 4.78 is 5.43. The second-order valence-corrected chi connectivity index (χ2v) is 5.75. The van der Waals surface area contributed by atoms with E-state index in [-0.39, 0.29) is 0 Å². The molecule has 0 aliphatic carbocycles. The van der Waals surface area contributed by atoms with Crippen LogP contribution in [0.1, 0.15) is 18.4 Å². The van der Waals surface area contributed by atoms with Crippen LogP contribution in [0.25, 0.3) is 0 Å². The minimum absolute atomic E-state index is 0.597. The molecule has 0 amide bonds. The van der Waals surface area contributed by atoms with E-state index in [4.69, 9.17) is 10.5 Å². The highest BCUT2D eigenvalue weighted by molar-refractivity contribution is 5.29. The number of likely N-dealkylation sites (tertiary alicyclic amines) is 1. The van der Waals surface area contributed by atoms with Gasteiger partial charge in [-0.15, -0.1) is 0 Å². The Kier molecular flexibility index (Phi) is 4.50. The summed E-state index contributed by atoms with van der Waals surface area (Å²) in [5, 5.41) is 0. The monoisotopic (exact) mass is 276 g/mol. The fourth-order valence-electron chi connectivity index (χ4n) is 3.17. The lowest BCUT2D eigenvalue weighted by Crippen LogP contribution is -2.48. The van der Waals surface area contributed by atoms with Crippen LogP contribution in [-0.2, 0) is 11.3 Å². The molecule has 0 unspecified atom stereocenters. The molecular formula is C15H24N4O. The molecule has 0 bridgehead atoms. The van der Waals surface area contributed by atoms with Gasteiger partial charge in [-0.1, -0.05) is 6.07 Å². The molecule has 2 aliphatic rings. The van der Waals surface area contributed by atoms with Crippen molar-refractivity contribution < 1.29 is 4.74 Å². The first-order valence-electron chi connectivity index (χ1n) is 7.56. The molecule has 0 radical (unpaired) electrons. The maximum Gasteiger partial charge on any atom is 0.123 e. The quantitative estimate of drug-likeness (QED) is 0.891. The van der Waals surface area contributed by atoms with Gasteiger partial charge < -0.3 is 10.5 Å². The number of ether oxygens (including phenoxy) is 1. The van der Waals surface area contributed by atoms with Crippen molar-refractivity contribution in [3.63, 3.8) is 0 Å². The zero-order valence-corrected chi connectivity index (χ0v) is 12.0. The van der Waals surface area contributed by atoms with Crippen molar-refractivity contribution in [1.29, 1.82) is 0 Å². The van der Waals surface area contributed by atoms with E-state index in [1.807, 2.05) is 12.3 Å². The third kappa shape index (κ3) is 3.48. The molecule has 1 aromatic rings. The van der Waals surface area contributed by atoms with Gasteiger partial charge in [0.25, 0.3) is 0 Å². The first kappa shape index (κ1) is 13.8. The van der Waals surface area contributed by atoms with Gasteiger partial charge in [-0.2, -0.15) is 0 Å². The van der Waals surface area contributed by atoms with E-state index >= 15 is 0 Å². The summed E-state index contributed by atoms with van der Waals surface area (Å²) in [5.74, 6) is 0.597. The van der Waals surface area contributed by atoms with Gasteiger partial charge in [0.15, 0.2) is 0 Å². The number of nitrogens with two attached hydrogens (primary N) is 1. The average molecular weight is 276 g/mol. The molecule has 110 valence electrons. The third-order valence-electron chi connectivity index (χ3n) is 4.37. The third-order valence-corrected chi connectivity index (χ3v) is 4.37. The smallest absolute Gasteiger partial charge is 0.123 e. The van der Waals surface area contributed by atoms with E-state index in [2.05, 4.69) is 20.9 Å². The molecule has 20 heavy (non-hydrogen) atoms. The van der Waals surface area contributed by atoms with Gasteiger partial charge in [-0.05, 0) is 37.6 Å². The highest BCUT2D eigenvalue weighted by atomic mass is 16.5. The molecule has 3 rings (SSSR count). The molecule has 2 fully saturated rings. The fourth-order valence-corrected chi connectivity index (χ4v) is 3.17. The van der Waals surface area contributed by atoms with Crippen molar-refractivity contribution in [2.45, 2.75) is 25.4 Å². The number of nitrogen functional groups attached to an aromatic ring is 1. The topological polar surface area (TPSA) is 54.6 Å². The molecule has 5 nitrogen and oxygen atoms in total. The standard InChI is InChI=1S/C15H24N4O/c16-15-2-1-13(11-17-15)12-18-5-3-14(4-6-18)19-7-9-20-10-8-19/h1-2,11,14H,3-10,12H2,(H2,16,17). The van der Waals surface area contributed by atoms with Gasteiger partial charge >= 0.3 is 0 Å². The second-order valence-electron chi connectivity index (χ2n) is 5.75. The lowest BCUT2D eigenvalue weighted by molar-refractivity contribution is 0.000224. The van der Waals surface area contributed by atoms with Gasteiger partial charge in [-0.3, -0.25) is 9.80 Å². The fraction of sp³-hybridized carbons (Fsp3) is 0.667. The Labute approximate surface area is 120 Å². The number of rotatable bonds is 3. The largest absolute Gasteiger partial charge is 0.384 e. The number of hydrogen-bond acceptors (Lipinski definition) is 5. The minimum Gasteiger partial charge on any atom is -0.384 e. The lowest BCUT2D eigenvalue weighted by Gasteiger charge is -2.40. The number of anilines is 1. The Bertz CT molecular complexity index is 408. The predicted octanol–water partition coefficient (Wildman–Crippen LogP) is 0.960. The van der Waals surface area contributed by atoms with Gasteiger partial charge in [0.1, 0.15) is 5.82 Å². The number of hydrogen-bond donors (Lipinski definition) is 1. The van der Waals surface area contributed by atoms with E-state index in [1.54, 1.807) is 0 Å². The molecule has 1 aromatic heterocycles. The number of pyridine rings is 1. The summed E-state index contributed by atoms with van der Waals surface area (Å²) in [7, 11) is 0. The van der Waals surface area contributed by atoms with Crippen molar-refractivity contribution in [3.8, 4) is 0 Å². The van der Waals surface area contributed by atoms with Crippen LogP contribution >= 0.6 is 0 Å². The van der Waals surface area contributed by atoms with Crippen LogP contribution in [0.5, 0.6) is 0 Å². The van der Waals surface area contributed by atoms with Crippen LogP contribution in [0.2, 0.25) is 0 Å². The van der Waals surface area contributed by atoms with Crippen LogP contribution in [0.4, 0.5) is 5.82 Å². The average Bonchev–Trinajstić information content (AvgIpc) is 2.51. The van der Waals surface area contributed by atoms with E-state index < -0.39 is 0 Å². The van der Waals surface area contributed by atoms with Crippen molar-refractivity contribution in [2.75, 3.05) is 45.1 Å². The predicted molar refractivity (Wildman–Crippen MR) is 79.3 cm³/mol. The molecule has 5 heteroatoms. The molecule has 0 atom stereocenters. The van der Waals surface area contributed by atoms with E-state index in [9.17, 15) is 0 Å². The first-order chi connectivity index (χ1) is 9.81. The van der Waals surface area contributed by atoms with Crippen molar-refractivity contribution in [2.24, 2.45) is 0 Å². The van der Waals surface area contributed by atoms with Crippen LogP contribution in [-0.4, -0.2) is 60.2 Å². The zero-order valence-electron chi connectivity index (χ0n) is 12.0. The van der Waals surface area contributed by atoms with Crippen LogP contribution in [0, 0.1) is 0 Å². The molecule has 3 heterocycles. The molecule has 2 saturated heterocycles. The van der Waals surface area contributed by atoms with E-state index in [0.717, 1.165) is 38.9 Å². The van der Waals surface area contributed by atoms with Crippen molar-refractivity contribution in [1.82, 2.24) is 14.8 Å². The SMILES string of the molecule is Nc1ccc(CN2CCC(N3CCOCC3)CC2)cn1. The van der Waals surface area contributed by atoms with Crippen LogP contribution in [0.15, 0.2) is 18.3 Å². The molecule has 0 spiro atoms. The number of nitrogens with zero attached hydrogens (tertiary/aromatic N) is 3.